The van der Waals surface area contributed by atoms with Gasteiger partial charge >= 0.3 is 12.0 Å². The maximum atomic E-state index is 12.0. The first-order valence-electron chi connectivity index (χ1n) is 7.34. The fourth-order valence-electron chi connectivity index (χ4n) is 2.38. The molecule has 2 atom stereocenters. The van der Waals surface area contributed by atoms with Crippen LogP contribution in [0.15, 0.2) is 0 Å². The fourth-order valence-corrected chi connectivity index (χ4v) is 3.65. The second kappa shape index (κ2) is 9.10. The van der Waals surface area contributed by atoms with Gasteiger partial charge in [0, 0.05) is 31.8 Å². The van der Waals surface area contributed by atoms with Crippen molar-refractivity contribution in [1.82, 2.24) is 10.2 Å². The van der Waals surface area contributed by atoms with Gasteiger partial charge in [-0.3, -0.25) is 4.79 Å². The van der Waals surface area contributed by atoms with Crippen molar-refractivity contribution in [2.24, 2.45) is 5.92 Å². The Bertz CT molecular complexity index is 320. The minimum atomic E-state index is -0.744. The van der Waals surface area contributed by atoms with Gasteiger partial charge < -0.3 is 15.3 Å². The van der Waals surface area contributed by atoms with E-state index in [1.807, 2.05) is 18.8 Å². The van der Waals surface area contributed by atoms with E-state index >= 15 is 0 Å². The number of urea groups is 1. The van der Waals surface area contributed by atoms with E-state index in [-0.39, 0.29) is 12.5 Å². The average Bonchev–Trinajstić information content (AvgIpc) is 2.95. The number of carboxylic acid groups (broad SMARTS) is 1. The molecule has 1 heterocycles. The van der Waals surface area contributed by atoms with Gasteiger partial charge in [0.15, 0.2) is 0 Å². The van der Waals surface area contributed by atoms with Crippen LogP contribution in [0.1, 0.15) is 39.0 Å². The van der Waals surface area contributed by atoms with E-state index in [2.05, 4.69) is 12.2 Å². The summed E-state index contributed by atoms with van der Waals surface area (Å²) < 4.78 is 0. The highest BCUT2D eigenvalue weighted by molar-refractivity contribution is 7.99. The molecular weight excluding hydrogens is 276 g/mol. The van der Waals surface area contributed by atoms with E-state index in [1.54, 1.807) is 4.90 Å². The Morgan fingerprint density at radius 3 is 2.75 bits per heavy atom. The highest BCUT2D eigenvalue weighted by atomic mass is 32.2. The number of hydrogen-bond acceptors (Lipinski definition) is 3. The molecule has 1 aliphatic heterocycles. The van der Waals surface area contributed by atoms with Crippen molar-refractivity contribution in [1.29, 1.82) is 0 Å². The third kappa shape index (κ3) is 6.03. The molecule has 1 fully saturated rings. The number of hydrogen-bond donors (Lipinski definition) is 2. The average molecular weight is 302 g/mol. The first-order valence-corrected chi connectivity index (χ1v) is 8.50. The number of carbonyl (C=O) groups is 2. The summed E-state index contributed by atoms with van der Waals surface area (Å²) in [5.74, 6) is 1.79. The summed E-state index contributed by atoms with van der Waals surface area (Å²) >= 11 is 1.89. The lowest BCUT2D eigenvalue weighted by atomic mass is 9.97. The lowest BCUT2D eigenvalue weighted by Crippen LogP contribution is -2.44. The fraction of sp³-hybridized carbons (Fsp3) is 0.857. The van der Waals surface area contributed by atoms with Crippen molar-refractivity contribution in [3.8, 4) is 0 Å². The van der Waals surface area contributed by atoms with Crippen LogP contribution in [-0.2, 0) is 4.79 Å². The summed E-state index contributed by atoms with van der Waals surface area (Å²) in [5, 5.41) is 11.6. The van der Waals surface area contributed by atoms with Gasteiger partial charge in [-0.2, -0.15) is 11.8 Å². The summed E-state index contributed by atoms with van der Waals surface area (Å²) in [6.07, 6.45) is 3.79. The Morgan fingerprint density at radius 2 is 2.20 bits per heavy atom. The highest BCUT2D eigenvalue weighted by Crippen LogP contribution is 2.21. The van der Waals surface area contributed by atoms with Crippen LogP contribution < -0.4 is 5.32 Å². The van der Waals surface area contributed by atoms with Crippen molar-refractivity contribution >= 4 is 23.8 Å². The second-order valence-electron chi connectivity index (χ2n) is 5.36. The smallest absolute Gasteiger partial charge is 0.317 e. The quantitative estimate of drug-likeness (QED) is 0.722. The van der Waals surface area contributed by atoms with Crippen molar-refractivity contribution < 1.29 is 14.7 Å². The Kier molecular flexibility index (Phi) is 7.80. The first-order chi connectivity index (χ1) is 9.54. The zero-order chi connectivity index (χ0) is 15.0. The lowest BCUT2D eigenvalue weighted by Gasteiger charge is -2.24. The van der Waals surface area contributed by atoms with Crippen LogP contribution in [0, 0.1) is 5.92 Å². The van der Waals surface area contributed by atoms with E-state index in [4.69, 9.17) is 5.11 Å². The number of nitrogens with one attached hydrogen (secondary N) is 1. The molecule has 0 bridgehead atoms. The molecule has 0 radical (unpaired) electrons. The van der Waals surface area contributed by atoms with Gasteiger partial charge in [-0.1, -0.05) is 13.3 Å². The van der Waals surface area contributed by atoms with Gasteiger partial charge in [0.25, 0.3) is 0 Å². The summed E-state index contributed by atoms with van der Waals surface area (Å²) in [5.41, 5.74) is 0. The summed E-state index contributed by atoms with van der Waals surface area (Å²) in [6, 6.07) is 0.347. The van der Waals surface area contributed by atoms with E-state index in [1.165, 1.54) is 0 Å². The molecule has 0 aromatic rings. The third-order valence-corrected chi connectivity index (χ3v) is 5.09. The third-order valence-electron chi connectivity index (χ3n) is 3.95. The Labute approximate surface area is 125 Å². The minimum Gasteiger partial charge on any atom is -0.481 e. The predicted molar refractivity (Wildman–Crippen MR) is 82.2 cm³/mol. The van der Waals surface area contributed by atoms with Crippen molar-refractivity contribution in [2.75, 3.05) is 25.1 Å². The molecule has 0 spiro atoms. The van der Waals surface area contributed by atoms with Crippen molar-refractivity contribution in [3.63, 3.8) is 0 Å². The normalized spacial score (nSPS) is 19.6. The molecule has 1 saturated heterocycles. The van der Waals surface area contributed by atoms with Gasteiger partial charge in [-0.25, -0.2) is 4.79 Å². The topological polar surface area (TPSA) is 69.6 Å². The molecule has 6 heteroatoms. The van der Waals surface area contributed by atoms with Crippen LogP contribution in [0.25, 0.3) is 0 Å². The summed E-state index contributed by atoms with van der Waals surface area (Å²) in [6.45, 7) is 2.69. The van der Waals surface area contributed by atoms with E-state index in [0.29, 0.717) is 24.9 Å². The Morgan fingerprint density at radius 1 is 1.45 bits per heavy atom. The summed E-state index contributed by atoms with van der Waals surface area (Å²) in [7, 11) is 1.85. The second-order valence-corrected chi connectivity index (χ2v) is 6.51. The SMILES string of the molecule is CCC(CCNC(=O)N(C)C1CCSC1)CCC(=O)O. The van der Waals surface area contributed by atoms with Gasteiger partial charge in [-0.15, -0.1) is 0 Å². The monoisotopic (exact) mass is 302 g/mol. The number of amides is 2. The number of rotatable bonds is 8. The van der Waals surface area contributed by atoms with Gasteiger partial charge in [0.1, 0.15) is 0 Å². The van der Waals surface area contributed by atoms with Crippen LogP contribution >= 0.6 is 11.8 Å². The molecule has 116 valence electrons. The maximum absolute atomic E-state index is 12.0. The Balaban J connectivity index is 2.20. The molecule has 2 amide bonds. The molecule has 0 saturated carbocycles. The zero-order valence-corrected chi connectivity index (χ0v) is 13.2. The molecule has 2 N–H and O–H groups in total. The molecule has 0 aromatic carbocycles. The maximum Gasteiger partial charge on any atom is 0.317 e. The van der Waals surface area contributed by atoms with Crippen LogP contribution in [0.4, 0.5) is 4.79 Å². The van der Waals surface area contributed by atoms with E-state index < -0.39 is 5.97 Å². The minimum absolute atomic E-state index is 0.00872. The number of nitrogens with zero attached hydrogens (tertiary/aromatic N) is 1. The standard InChI is InChI=1S/C14H26N2O3S/c1-3-11(4-5-13(17)18)6-8-15-14(19)16(2)12-7-9-20-10-12/h11-12H,3-10H2,1-2H3,(H,15,19)(H,17,18). The number of thioether (sulfide) groups is 1. The lowest BCUT2D eigenvalue weighted by molar-refractivity contribution is -0.137. The zero-order valence-electron chi connectivity index (χ0n) is 12.4. The molecule has 0 aliphatic carbocycles. The molecule has 2 unspecified atom stereocenters. The van der Waals surface area contributed by atoms with Gasteiger partial charge in [0.05, 0.1) is 0 Å². The number of aliphatic carboxylic acids is 1. The number of carbonyl (C=O) groups excluding carboxylic acids is 1. The predicted octanol–water partition coefficient (Wildman–Crippen LogP) is 2.41. The molecule has 1 aliphatic rings. The van der Waals surface area contributed by atoms with E-state index in [9.17, 15) is 9.59 Å². The number of carboxylic acids is 1. The van der Waals surface area contributed by atoms with Crippen LogP contribution in [0.3, 0.4) is 0 Å². The molecule has 0 aromatic heterocycles. The summed E-state index contributed by atoms with van der Waals surface area (Å²) in [4.78, 5) is 24.3. The molecular formula is C14H26N2O3S. The van der Waals surface area contributed by atoms with E-state index in [0.717, 1.165) is 30.8 Å². The molecule has 20 heavy (non-hydrogen) atoms. The highest BCUT2D eigenvalue weighted by Gasteiger charge is 2.23. The van der Waals surface area contributed by atoms with Gasteiger partial charge in [-0.05, 0) is 30.9 Å². The van der Waals surface area contributed by atoms with Crippen LogP contribution in [0.5, 0.6) is 0 Å². The van der Waals surface area contributed by atoms with Crippen molar-refractivity contribution in [3.05, 3.63) is 0 Å². The van der Waals surface area contributed by atoms with Crippen LogP contribution in [-0.4, -0.2) is 53.1 Å². The Hall–Kier alpha value is -0.910. The van der Waals surface area contributed by atoms with Crippen LogP contribution in [0.2, 0.25) is 0 Å². The first kappa shape index (κ1) is 17.1. The molecule has 5 nitrogen and oxygen atoms in total. The van der Waals surface area contributed by atoms with Crippen molar-refractivity contribution in [2.45, 2.75) is 45.1 Å². The largest absolute Gasteiger partial charge is 0.481 e. The van der Waals surface area contributed by atoms with Gasteiger partial charge in [0.2, 0.25) is 0 Å². The molecule has 1 rings (SSSR count).